The number of carbonyl (C=O) groups is 3. The van der Waals surface area contributed by atoms with Crippen LogP contribution in [0.2, 0.25) is 0 Å². The Morgan fingerprint density at radius 1 is 1.04 bits per heavy atom. The fourth-order valence-corrected chi connectivity index (χ4v) is 3.01. The Balaban J connectivity index is 1.54. The quantitative estimate of drug-likeness (QED) is 0.690. The molecule has 0 fully saturated rings. The van der Waals surface area contributed by atoms with Gasteiger partial charge in [0, 0.05) is 11.3 Å². The molecule has 0 aliphatic carbocycles. The number of benzene rings is 2. The molecule has 0 atom stereocenters. The highest BCUT2D eigenvalue weighted by Gasteiger charge is 2.36. The summed E-state index contributed by atoms with van der Waals surface area (Å²) in [6.45, 7) is 0.0483. The Kier molecular flexibility index (Phi) is 4.41. The smallest absolute Gasteiger partial charge is 0.261 e. The van der Waals surface area contributed by atoms with Crippen LogP contribution in [0, 0.1) is 0 Å². The number of nitrogens with one attached hydrogen (secondary N) is 1. The predicted molar refractivity (Wildman–Crippen MR) is 100 cm³/mol. The minimum Gasteiger partial charge on any atom is -0.497 e. The van der Waals surface area contributed by atoms with Crippen molar-refractivity contribution in [2.24, 2.45) is 0 Å². The molecule has 0 saturated carbocycles. The fourth-order valence-electron chi connectivity index (χ4n) is 3.01. The van der Waals surface area contributed by atoms with Crippen molar-refractivity contribution in [2.75, 3.05) is 12.4 Å². The first kappa shape index (κ1) is 17.5. The number of rotatable bonds is 5. The van der Waals surface area contributed by atoms with E-state index in [2.05, 4.69) is 5.32 Å². The van der Waals surface area contributed by atoms with Gasteiger partial charge >= 0.3 is 0 Å². The molecule has 2 heterocycles. The number of fused-ring (bicyclic) bond motifs is 1. The van der Waals surface area contributed by atoms with Crippen molar-refractivity contribution in [1.82, 2.24) is 4.90 Å². The molecule has 140 valence electrons. The number of nitrogens with zero attached hydrogens (tertiary/aromatic N) is 1. The number of amides is 3. The topological polar surface area (TPSA) is 88.8 Å². The molecule has 2 aromatic carbocycles. The van der Waals surface area contributed by atoms with Gasteiger partial charge in [0.25, 0.3) is 17.7 Å². The largest absolute Gasteiger partial charge is 0.497 e. The number of ether oxygens (including phenoxy) is 1. The molecule has 1 aliphatic rings. The molecule has 4 rings (SSSR count). The van der Waals surface area contributed by atoms with Gasteiger partial charge in [-0.25, -0.2) is 0 Å². The van der Waals surface area contributed by atoms with Gasteiger partial charge in [0.15, 0.2) is 0 Å². The SMILES string of the molecule is COc1ccc(NC(=O)c2ccc3c(c2)C(=O)N(Cc2ccco2)C3=O)cc1. The lowest BCUT2D eigenvalue weighted by atomic mass is 10.1. The van der Waals surface area contributed by atoms with E-state index in [0.717, 1.165) is 4.90 Å². The van der Waals surface area contributed by atoms with Gasteiger partial charge in [-0.2, -0.15) is 0 Å². The van der Waals surface area contributed by atoms with Crippen molar-refractivity contribution < 1.29 is 23.5 Å². The van der Waals surface area contributed by atoms with Gasteiger partial charge < -0.3 is 14.5 Å². The first-order valence-corrected chi connectivity index (χ1v) is 8.55. The third-order valence-electron chi connectivity index (χ3n) is 4.47. The summed E-state index contributed by atoms with van der Waals surface area (Å²) in [4.78, 5) is 38.8. The molecule has 0 unspecified atom stereocenters. The highest BCUT2D eigenvalue weighted by molar-refractivity contribution is 6.22. The Bertz CT molecular complexity index is 1050. The molecule has 3 aromatic rings. The number of anilines is 1. The summed E-state index contributed by atoms with van der Waals surface area (Å²) in [6, 6.07) is 14.7. The second-order valence-corrected chi connectivity index (χ2v) is 6.22. The zero-order valence-corrected chi connectivity index (χ0v) is 15.0. The van der Waals surface area contributed by atoms with Crippen LogP contribution in [0.3, 0.4) is 0 Å². The average molecular weight is 376 g/mol. The zero-order chi connectivity index (χ0) is 19.7. The average Bonchev–Trinajstić information content (AvgIpc) is 3.31. The van der Waals surface area contributed by atoms with Crippen molar-refractivity contribution >= 4 is 23.4 Å². The number of hydrogen-bond acceptors (Lipinski definition) is 5. The Labute approximate surface area is 160 Å². The van der Waals surface area contributed by atoms with Gasteiger partial charge in [-0.3, -0.25) is 19.3 Å². The lowest BCUT2D eigenvalue weighted by molar-refractivity contribution is 0.0631. The first-order chi connectivity index (χ1) is 13.6. The highest BCUT2D eigenvalue weighted by Crippen LogP contribution is 2.26. The maximum absolute atomic E-state index is 12.7. The lowest BCUT2D eigenvalue weighted by Crippen LogP contribution is -2.28. The minimum absolute atomic E-state index is 0.0483. The lowest BCUT2D eigenvalue weighted by Gasteiger charge is -2.11. The summed E-state index contributed by atoms with van der Waals surface area (Å²) in [5.74, 6) is -0.0463. The molecular weight excluding hydrogens is 360 g/mol. The molecular formula is C21H16N2O5. The van der Waals surface area contributed by atoms with Crippen LogP contribution in [0.4, 0.5) is 5.69 Å². The van der Waals surface area contributed by atoms with E-state index in [4.69, 9.17) is 9.15 Å². The van der Waals surface area contributed by atoms with E-state index >= 15 is 0 Å². The molecule has 28 heavy (non-hydrogen) atoms. The summed E-state index contributed by atoms with van der Waals surface area (Å²) >= 11 is 0. The summed E-state index contributed by atoms with van der Waals surface area (Å²) in [6.07, 6.45) is 1.48. The molecule has 1 aliphatic heterocycles. The van der Waals surface area contributed by atoms with Crippen LogP contribution in [0.5, 0.6) is 5.75 Å². The molecule has 0 saturated heterocycles. The molecule has 1 aromatic heterocycles. The standard InChI is InChI=1S/C21H16N2O5/c1-27-15-7-5-14(6-8-15)22-19(24)13-4-9-17-18(11-13)21(26)23(20(17)25)12-16-3-2-10-28-16/h2-11H,12H2,1H3,(H,22,24). The Morgan fingerprint density at radius 2 is 1.79 bits per heavy atom. The third-order valence-corrected chi connectivity index (χ3v) is 4.47. The van der Waals surface area contributed by atoms with E-state index in [0.29, 0.717) is 17.2 Å². The van der Waals surface area contributed by atoms with E-state index in [1.165, 1.54) is 24.5 Å². The van der Waals surface area contributed by atoms with Gasteiger partial charge in [-0.05, 0) is 54.6 Å². The summed E-state index contributed by atoms with van der Waals surface area (Å²) in [5.41, 5.74) is 1.36. The molecule has 1 N–H and O–H groups in total. The molecule has 0 spiro atoms. The van der Waals surface area contributed by atoms with Crippen LogP contribution in [-0.2, 0) is 6.54 Å². The first-order valence-electron chi connectivity index (χ1n) is 8.55. The van der Waals surface area contributed by atoms with E-state index in [9.17, 15) is 14.4 Å². The van der Waals surface area contributed by atoms with E-state index in [1.54, 1.807) is 43.5 Å². The van der Waals surface area contributed by atoms with Crippen LogP contribution in [0.25, 0.3) is 0 Å². The molecule has 3 amide bonds. The van der Waals surface area contributed by atoms with Crippen LogP contribution in [-0.4, -0.2) is 29.7 Å². The van der Waals surface area contributed by atoms with E-state index in [-0.39, 0.29) is 29.1 Å². The molecule has 0 bridgehead atoms. The Morgan fingerprint density at radius 3 is 2.46 bits per heavy atom. The van der Waals surface area contributed by atoms with Crippen molar-refractivity contribution in [1.29, 1.82) is 0 Å². The maximum atomic E-state index is 12.7. The van der Waals surface area contributed by atoms with Crippen molar-refractivity contribution in [3.63, 3.8) is 0 Å². The van der Waals surface area contributed by atoms with Gasteiger partial charge in [0.2, 0.25) is 0 Å². The van der Waals surface area contributed by atoms with E-state index < -0.39 is 11.8 Å². The van der Waals surface area contributed by atoms with Gasteiger partial charge in [0.05, 0.1) is 31.0 Å². The monoisotopic (exact) mass is 376 g/mol. The highest BCUT2D eigenvalue weighted by atomic mass is 16.5. The summed E-state index contributed by atoms with van der Waals surface area (Å²) < 4.78 is 10.3. The van der Waals surface area contributed by atoms with E-state index in [1.807, 2.05) is 0 Å². The van der Waals surface area contributed by atoms with Crippen LogP contribution in [0.15, 0.2) is 65.3 Å². The van der Waals surface area contributed by atoms with Crippen LogP contribution >= 0.6 is 0 Å². The zero-order valence-electron chi connectivity index (χ0n) is 15.0. The third kappa shape index (κ3) is 3.14. The number of carbonyl (C=O) groups excluding carboxylic acids is 3. The van der Waals surface area contributed by atoms with Gasteiger partial charge in [-0.1, -0.05) is 0 Å². The van der Waals surface area contributed by atoms with Crippen LogP contribution in [0.1, 0.15) is 36.8 Å². The van der Waals surface area contributed by atoms with Crippen molar-refractivity contribution in [3.8, 4) is 5.75 Å². The summed E-state index contributed by atoms with van der Waals surface area (Å²) in [5, 5.41) is 2.75. The molecule has 7 heteroatoms. The van der Waals surface area contributed by atoms with Crippen LogP contribution < -0.4 is 10.1 Å². The van der Waals surface area contributed by atoms with Crippen molar-refractivity contribution in [2.45, 2.75) is 6.54 Å². The number of hydrogen-bond donors (Lipinski definition) is 1. The maximum Gasteiger partial charge on any atom is 0.261 e. The second-order valence-electron chi connectivity index (χ2n) is 6.22. The molecule has 0 radical (unpaired) electrons. The Hall–Kier alpha value is -3.87. The summed E-state index contributed by atoms with van der Waals surface area (Å²) in [7, 11) is 1.56. The minimum atomic E-state index is -0.449. The van der Waals surface area contributed by atoms with Gasteiger partial charge in [-0.15, -0.1) is 0 Å². The normalized spacial score (nSPS) is 12.8. The molecule has 7 nitrogen and oxygen atoms in total. The predicted octanol–water partition coefficient (Wildman–Crippen LogP) is 3.34. The fraction of sp³-hybridized carbons (Fsp3) is 0.0952. The number of furan rings is 1. The van der Waals surface area contributed by atoms with Crippen molar-refractivity contribution in [3.05, 3.63) is 83.3 Å². The van der Waals surface area contributed by atoms with Gasteiger partial charge in [0.1, 0.15) is 11.5 Å². The number of imide groups is 1. The second kappa shape index (κ2) is 7.03. The number of methoxy groups -OCH3 is 1.